The van der Waals surface area contributed by atoms with Crippen LogP contribution in [0.25, 0.3) is 10.9 Å². The van der Waals surface area contributed by atoms with Crippen molar-refractivity contribution in [2.24, 2.45) is 18.9 Å². The highest BCUT2D eigenvalue weighted by Crippen LogP contribution is 2.58. The number of aryl methyl sites for hydroxylation is 2. The molecule has 1 unspecified atom stereocenters. The van der Waals surface area contributed by atoms with Crippen LogP contribution in [0.1, 0.15) is 65.1 Å². The summed E-state index contributed by atoms with van der Waals surface area (Å²) in [6.45, 7) is 5.48. The van der Waals surface area contributed by atoms with Crippen LogP contribution in [0.3, 0.4) is 0 Å². The van der Waals surface area contributed by atoms with Gasteiger partial charge in [0.05, 0.1) is 34.6 Å². The molecule has 2 N–H and O–H groups in total. The number of hydrogen-bond acceptors (Lipinski definition) is 9. The quantitative estimate of drug-likeness (QED) is 0.278. The number of sulfonamides is 1. The van der Waals surface area contributed by atoms with Gasteiger partial charge in [-0.25, -0.2) is 23.1 Å². The molecular formula is C30H33ClN8O4S. The maximum atomic E-state index is 14.1. The Hall–Kier alpha value is -3.97. The summed E-state index contributed by atoms with van der Waals surface area (Å²) in [4.78, 5) is 38.4. The van der Waals surface area contributed by atoms with E-state index in [0.29, 0.717) is 40.3 Å². The van der Waals surface area contributed by atoms with Crippen LogP contribution < -0.4 is 20.5 Å². The molecule has 4 aromatic rings. The fourth-order valence-electron chi connectivity index (χ4n) is 6.68. The van der Waals surface area contributed by atoms with E-state index in [0.717, 1.165) is 49.0 Å². The third-order valence-corrected chi connectivity index (χ3v) is 9.58. The topological polar surface area (TPSA) is 144 Å². The zero-order chi connectivity index (χ0) is 31.1. The fraction of sp³-hybridized carbons (Fsp3) is 0.433. The van der Waals surface area contributed by atoms with Gasteiger partial charge in [0.1, 0.15) is 5.15 Å². The molecule has 3 aliphatic rings. The highest BCUT2D eigenvalue weighted by atomic mass is 35.5. The minimum atomic E-state index is -3.83. The predicted molar refractivity (Wildman–Crippen MR) is 168 cm³/mol. The molecule has 0 bridgehead atoms. The van der Waals surface area contributed by atoms with E-state index in [-0.39, 0.29) is 22.4 Å². The Kier molecular flexibility index (Phi) is 6.74. The minimum absolute atomic E-state index is 0.0451. The second-order valence-electron chi connectivity index (χ2n) is 12.3. The van der Waals surface area contributed by atoms with Crippen LogP contribution in [0.4, 0.5) is 11.6 Å². The summed E-state index contributed by atoms with van der Waals surface area (Å²) in [5.41, 5.74) is 3.50. The van der Waals surface area contributed by atoms with Crippen LogP contribution in [0.15, 0.2) is 41.3 Å². The molecule has 1 aliphatic heterocycles. The van der Waals surface area contributed by atoms with E-state index in [1.165, 1.54) is 6.07 Å². The average molecular weight is 637 g/mol. The fourth-order valence-corrected chi connectivity index (χ4v) is 7.26. The number of rotatable bonds is 8. The van der Waals surface area contributed by atoms with Crippen LogP contribution in [0.5, 0.6) is 0 Å². The number of carbonyl (C=O) groups is 1. The Morgan fingerprint density at radius 2 is 1.84 bits per heavy atom. The van der Waals surface area contributed by atoms with E-state index in [1.54, 1.807) is 6.07 Å². The van der Waals surface area contributed by atoms with Crippen LogP contribution in [-0.2, 0) is 17.1 Å². The van der Waals surface area contributed by atoms with E-state index in [9.17, 15) is 18.0 Å². The number of carbonyl (C=O) groups excluding carboxylic acids is 1. The van der Waals surface area contributed by atoms with Crippen LogP contribution in [0, 0.1) is 18.8 Å². The first kappa shape index (κ1) is 28.8. The first-order chi connectivity index (χ1) is 20.9. The van der Waals surface area contributed by atoms with E-state index < -0.39 is 22.0 Å². The van der Waals surface area contributed by atoms with Crippen molar-refractivity contribution >= 4 is 50.1 Å². The van der Waals surface area contributed by atoms with Gasteiger partial charge in [0, 0.05) is 43.9 Å². The second-order valence-corrected chi connectivity index (χ2v) is 14.5. The van der Waals surface area contributed by atoms with Crippen LogP contribution >= 0.6 is 11.6 Å². The molecule has 14 heteroatoms. The summed E-state index contributed by atoms with van der Waals surface area (Å²) < 4.78 is 29.2. The zero-order valence-corrected chi connectivity index (χ0v) is 26.4. The second kappa shape index (κ2) is 10.3. The lowest BCUT2D eigenvalue weighted by Crippen LogP contribution is -2.33. The molecular weight excluding hydrogens is 604 g/mol. The molecule has 0 spiro atoms. The average Bonchev–Trinajstić information content (AvgIpc) is 3.82. The number of aromatic nitrogens is 5. The first-order valence-corrected chi connectivity index (χ1v) is 16.9. The Balaban J connectivity index is 1.25. The lowest BCUT2D eigenvalue weighted by Gasteiger charge is -2.26. The van der Waals surface area contributed by atoms with Crippen molar-refractivity contribution in [3.05, 3.63) is 74.6 Å². The van der Waals surface area contributed by atoms with Gasteiger partial charge in [-0.1, -0.05) is 17.7 Å². The molecule has 44 heavy (non-hydrogen) atoms. The molecule has 1 aromatic carbocycles. The van der Waals surface area contributed by atoms with E-state index in [4.69, 9.17) is 16.6 Å². The maximum absolute atomic E-state index is 14.1. The number of nitrogens with zero attached hydrogens (tertiary/aromatic N) is 6. The van der Waals surface area contributed by atoms with E-state index in [1.807, 2.05) is 53.2 Å². The molecule has 3 aromatic heterocycles. The largest absolute Gasteiger partial charge is 0.377 e. The molecule has 230 valence electrons. The monoisotopic (exact) mass is 636 g/mol. The lowest BCUT2D eigenvalue weighted by molar-refractivity contribution is 0.0977. The van der Waals surface area contributed by atoms with Crippen molar-refractivity contribution in [1.82, 2.24) is 29.0 Å². The van der Waals surface area contributed by atoms with E-state index >= 15 is 0 Å². The third kappa shape index (κ3) is 5.21. The molecule has 0 radical (unpaired) electrons. The molecule has 4 atom stereocenters. The number of piperidine rings is 1. The summed E-state index contributed by atoms with van der Waals surface area (Å²) in [6, 6.07) is 8.78. The van der Waals surface area contributed by atoms with Crippen LogP contribution in [0.2, 0.25) is 5.15 Å². The van der Waals surface area contributed by atoms with Crippen molar-refractivity contribution < 1.29 is 13.2 Å². The van der Waals surface area contributed by atoms with E-state index in [2.05, 4.69) is 26.4 Å². The summed E-state index contributed by atoms with van der Waals surface area (Å²) in [5.74, 6) is 1.21. The molecule has 4 heterocycles. The number of nitrogens with one attached hydrogen (secondary N) is 2. The standard InChI is InChI=1S/C30H33ClN8O4S/c1-15-11-18(16(2)32-23-7-8-24(31)33-27(23)28(40)36-44(4,42)43)26-19(12-15)29(41)39(17-5-6-17)30(34-26)38-13-20-21(14-38)25(20)22-9-10-37(3)35-22/h7-12,16-17,20-21,25,32H,5-6,13-14H2,1-4H3,(H,36,40)/t16-,20-,21+,25?/m1/s1. The van der Waals surface area contributed by atoms with Crippen molar-refractivity contribution in [3.8, 4) is 0 Å². The summed E-state index contributed by atoms with van der Waals surface area (Å²) in [5, 5.41) is 8.51. The number of halogens is 1. The number of pyridine rings is 1. The summed E-state index contributed by atoms with van der Waals surface area (Å²) >= 11 is 6.06. The van der Waals surface area contributed by atoms with Crippen molar-refractivity contribution in [2.75, 3.05) is 29.6 Å². The molecule has 2 aliphatic carbocycles. The number of amides is 1. The highest BCUT2D eigenvalue weighted by Gasteiger charge is 2.58. The SMILES string of the molecule is Cc1cc([C@@H](C)Nc2ccc(Cl)nc2C(=O)NS(C)(=O)=O)c2nc(N3C[C@@H]4C(c5ccn(C)n5)[C@@H]4C3)n(C3CC3)c(=O)c2c1. The zero-order valence-electron chi connectivity index (χ0n) is 24.8. The van der Waals surface area contributed by atoms with Gasteiger partial charge >= 0.3 is 0 Å². The molecule has 1 saturated heterocycles. The van der Waals surface area contributed by atoms with Gasteiger partial charge in [-0.05, 0) is 68.4 Å². The van der Waals surface area contributed by atoms with Crippen LogP contribution in [-0.4, -0.2) is 58.0 Å². The Morgan fingerprint density at radius 3 is 2.48 bits per heavy atom. The van der Waals surface area contributed by atoms with Crippen molar-refractivity contribution in [3.63, 3.8) is 0 Å². The lowest BCUT2D eigenvalue weighted by atomic mass is 10.0. The number of hydrogen-bond donors (Lipinski definition) is 2. The van der Waals surface area contributed by atoms with Gasteiger partial charge in [0.15, 0.2) is 5.69 Å². The highest BCUT2D eigenvalue weighted by molar-refractivity contribution is 7.89. The number of anilines is 2. The smallest absolute Gasteiger partial charge is 0.285 e. The summed E-state index contributed by atoms with van der Waals surface area (Å²) in [7, 11) is -1.89. The predicted octanol–water partition coefficient (Wildman–Crippen LogP) is 3.53. The summed E-state index contributed by atoms with van der Waals surface area (Å²) in [6.07, 6.45) is 4.78. The Bertz CT molecular complexity index is 1990. The normalized spacial score (nSPS) is 21.8. The van der Waals surface area contributed by atoms with Gasteiger partial charge in [-0.15, -0.1) is 0 Å². The number of benzene rings is 1. The third-order valence-electron chi connectivity index (χ3n) is 8.82. The van der Waals surface area contributed by atoms with Gasteiger partial charge in [-0.2, -0.15) is 5.10 Å². The van der Waals surface area contributed by atoms with Crippen molar-refractivity contribution in [1.29, 1.82) is 0 Å². The molecule has 2 saturated carbocycles. The molecule has 12 nitrogen and oxygen atoms in total. The molecule has 7 rings (SSSR count). The van der Waals surface area contributed by atoms with Gasteiger partial charge in [0.25, 0.3) is 11.5 Å². The van der Waals surface area contributed by atoms with Gasteiger partial charge in [-0.3, -0.25) is 18.8 Å². The van der Waals surface area contributed by atoms with Crippen molar-refractivity contribution in [2.45, 2.75) is 44.7 Å². The van der Waals surface area contributed by atoms with Gasteiger partial charge < -0.3 is 10.2 Å². The first-order valence-electron chi connectivity index (χ1n) is 14.6. The molecule has 3 fully saturated rings. The molecule has 1 amide bonds. The number of fused-ring (bicyclic) bond motifs is 2. The Labute approximate surface area is 259 Å². The Morgan fingerprint density at radius 1 is 1.11 bits per heavy atom. The minimum Gasteiger partial charge on any atom is -0.377 e. The maximum Gasteiger partial charge on any atom is 0.285 e. The van der Waals surface area contributed by atoms with Gasteiger partial charge in [0.2, 0.25) is 16.0 Å².